The Labute approximate surface area is 207 Å². The van der Waals surface area contributed by atoms with Gasteiger partial charge >= 0.3 is 0 Å². The Bertz CT molecular complexity index is 2100. The minimum absolute atomic E-state index is 0.916. The van der Waals surface area contributed by atoms with Crippen molar-refractivity contribution in [3.05, 3.63) is 127 Å². The molecule has 36 heavy (non-hydrogen) atoms. The first-order chi connectivity index (χ1) is 17.9. The van der Waals surface area contributed by atoms with Crippen LogP contribution in [0, 0.1) is 0 Å². The van der Waals surface area contributed by atoms with E-state index < -0.39 is 0 Å². The molecule has 0 atom stereocenters. The molecule has 0 aliphatic rings. The summed E-state index contributed by atoms with van der Waals surface area (Å²) in [6.45, 7) is 0. The van der Waals surface area contributed by atoms with Gasteiger partial charge in [0.25, 0.3) is 0 Å². The maximum Gasteiger partial charge on any atom is 0.159 e. The summed E-state index contributed by atoms with van der Waals surface area (Å²) >= 11 is 0. The van der Waals surface area contributed by atoms with Crippen molar-refractivity contribution < 1.29 is 4.42 Å². The van der Waals surface area contributed by atoms with Gasteiger partial charge in [0.1, 0.15) is 5.58 Å². The predicted molar refractivity (Wildman–Crippen MR) is 151 cm³/mol. The quantitative estimate of drug-likeness (QED) is 0.252. The molecule has 0 saturated heterocycles. The molecule has 0 saturated carbocycles. The molecule has 0 unspecified atom stereocenters. The van der Waals surface area contributed by atoms with Crippen LogP contribution in [-0.4, -0.2) is 4.57 Å². The lowest BCUT2D eigenvalue weighted by molar-refractivity contribution is 0.666. The summed E-state index contributed by atoms with van der Waals surface area (Å²) in [5.74, 6) is 0. The van der Waals surface area contributed by atoms with Gasteiger partial charge in [-0.3, -0.25) is 0 Å². The maximum absolute atomic E-state index is 6.43. The fourth-order valence-corrected chi connectivity index (χ4v) is 5.79. The number of fused-ring (bicyclic) bond motifs is 7. The average Bonchev–Trinajstić information content (AvgIpc) is 3.48. The van der Waals surface area contributed by atoms with E-state index in [1.807, 2.05) is 12.1 Å². The molecule has 6 aromatic carbocycles. The van der Waals surface area contributed by atoms with E-state index in [4.69, 9.17) is 4.42 Å². The van der Waals surface area contributed by atoms with Gasteiger partial charge in [0.15, 0.2) is 5.58 Å². The Morgan fingerprint density at radius 3 is 2.11 bits per heavy atom. The first-order valence-corrected chi connectivity index (χ1v) is 12.3. The predicted octanol–water partition coefficient (Wildman–Crippen LogP) is 9.50. The molecule has 2 heteroatoms. The molecule has 0 radical (unpaired) electrons. The zero-order valence-corrected chi connectivity index (χ0v) is 19.5. The second kappa shape index (κ2) is 7.34. The summed E-state index contributed by atoms with van der Waals surface area (Å²) in [5.41, 5.74) is 7.73. The van der Waals surface area contributed by atoms with E-state index in [2.05, 4.69) is 120 Å². The third kappa shape index (κ3) is 2.67. The van der Waals surface area contributed by atoms with Crippen LogP contribution in [-0.2, 0) is 0 Å². The molecule has 0 aliphatic carbocycles. The van der Waals surface area contributed by atoms with Crippen LogP contribution in [0.25, 0.3) is 71.3 Å². The Hall–Kier alpha value is -4.82. The summed E-state index contributed by atoms with van der Waals surface area (Å²) in [6, 6.07) is 45.4. The van der Waals surface area contributed by atoms with Crippen LogP contribution in [0.15, 0.2) is 132 Å². The Kier molecular flexibility index (Phi) is 3.97. The number of benzene rings is 6. The second-order valence-corrected chi connectivity index (χ2v) is 9.36. The summed E-state index contributed by atoms with van der Waals surface area (Å²) < 4.78 is 8.78. The zero-order chi connectivity index (χ0) is 23.6. The van der Waals surface area contributed by atoms with Gasteiger partial charge in [0, 0.05) is 21.5 Å². The molecule has 2 aromatic heterocycles. The first kappa shape index (κ1) is 19.5. The summed E-state index contributed by atoms with van der Waals surface area (Å²) in [6.07, 6.45) is 0. The fraction of sp³-hybridized carbons (Fsp3) is 0. The van der Waals surface area contributed by atoms with E-state index in [9.17, 15) is 0 Å². The highest BCUT2D eigenvalue weighted by Crippen LogP contribution is 2.39. The van der Waals surface area contributed by atoms with Crippen LogP contribution >= 0.6 is 0 Å². The standard InChI is InChI=1S/C34H21NO/c1-2-11-24-22(9-1)10-7-14-25(24)23-19-20-31-29(21-23)26-12-3-5-16-30(26)35(31)32-17-8-15-28-27-13-4-6-18-33(27)36-34(28)32/h1-21H. The Morgan fingerprint density at radius 2 is 1.17 bits per heavy atom. The third-order valence-electron chi connectivity index (χ3n) is 7.40. The van der Waals surface area contributed by atoms with E-state index in [1.54, 1.807) is 0 Å². The number of hydrogen-bond acceptors (Lipinski definition) is 1. The second-order valence-electron chi connectivity index (χ2n) is 9.36. The third-order valence-corrected chi connectivity index (χ3v) is 7.40. The summed E-state index contributed by atoms with van der Waals surface area (Å²) in [4.78, 5) is 0. The Balaban J connectivity index is 1.45. The van der Waals surface area contributed by atoms with Gasteiger partial charge in [-0.1, -0.05) is 97.1 Å². The molecule has 0 aliphatic heterocycles. The molecule has 0 fully saturated rings. The SMILES string of the molecule is c1ccc2c(-c3ccc4c(c3)c3ccccc3n4-c3cccc4c3oc3ccccc34)cccc2c1. The van der Waals surface area contributed by atoms with Crippen LogP contribution < -0.4 is 0 Å². The van der Waals surface area contributed by atoms with Gasteiger partial charge in [-0.2, -0.15) is 0 Å². The van der Waals surface area contributed by atoms with Gasteiger partial charge in [-0.05, 0) is 52.2 Å². The lowest BCUT2D eigenvalue weighted by Gasteiger charge is -2.10. The van der Waals surface area contributed by atoms with Crippen molar-refractivity contribution in [1.29, 1.82) is 0 Å². The van der Waals surface area contributed by atoms with Crippen LogP contribution in [0.5, 0.6) is 0 Å². The molecule has 0 N–H and O–H groups in total. The van der Waals surface area contributed by atoms with Gasteiger partial charge < -0.3 is 8.98 Å². The van der Waals surface area contributed by atoms with Gasteiger partial charge in [-0.15, -0.1) is 0 Å². The normalized spacial score (nSPS) is 11.9. The van der Waals surface area contributed by atoms with E-state index in [-0.39, 0.29) is 0 Å². The smallest absolute Gasteiger partial charge is 0.159 e. The number of nitrogens with zero attached hydrogens (tertiary/aromatic N) is 1. The van der Waals surface area contributed by atoms with E-state index in [1.165, 1.54) is 43.7 Å². The van der Waals surface area contributed by atoms with Gasteiger partial charge in [-0.25, -0.2) is 0 Å². The largest absolute Gasteiger partial charge is 0.454 e. The molecule has 8 rings (SSSR count). The van der Waals surface area contributed by atoms with E-state index in [0.29, 0.717) is 0 Å². The van der Waals surface area contributed by atoms with Crippen molar-refractivity contribution in [2.24, 2.45) is 0 Å². The van der Waals surface area contributed by atoms with Crippen molar-refractivity contribution in [2.75, 3.05) is 0 Å². The van der Waals surface area contributed by atoms with Gasteiger partial charge in [0.05, 0.1) is 16.7 Å². The molecule has 0 bridgehead atoms. The van der Waals surface area contributed by atoms with Crippen molar-refractivity contribution in [2.45, 2.75) is 0 Å². The van der Waals surface area contributed by atoms with Crippen LogP contribution in [0.3, 0.4) is 0 Å². The minimum Gasteiger partial charge on any atom is -0.454 e. The molecule has 0 spiro atoms. The molecule has 0 amide bonds. The molecule has 2 nitrogen and oxygen atoms in total. The summed E-state index contributed by atoms with van der Waals surface area (Å²) in [7, 11) is 0. The number of hydrogen-bond donors (Lipinski definition) is 0. The van der Waals surface area contributed by atoms with Gasteiger partial charge in [0.2, 0.25) is 0 Å². The van der Waals surface area contributed by atoms with Crippen LogP contribution in [0.1, 0.15) is 0 Å². The van der Waals surface area contributed by atoms with Crippen molar-refractivity contribution in [1.82, 2.24) is 4.57 Å². The highest BCUT2D eigenvalue weighted by atomic mass is 16.3. The monoisotopic (exact) mass is 459 g/mol. The topological polar surface area (TPSA) is 18.1 Å². The highest BCUT2D eigenvalue weighted by Gasteiger charge is 2.18. The minimum atomic E-state index is 0.916. The fourth-order valence-electron chi connectivity index (χ4n) is 5.79. The lowest BCUT2D eigenvalue weighted by Crippen LogP contribution is -1.94. The maximum atomic E-state index is 6.43. The summed E-state index contributed by atoms with van der Waals surface area (Å²) in [5, 5.41) is 7.30. The van der Waals surface area contributed by atoms with Crippen LogP contribution in [0.4, 0.5) is 0 Å². The van der Waals surface area contributed by atoms with E-state index in [0.717, 1.165) is 27.6 Å². The Morgan fingerprint density at radius 1 is 0.472 bits per heavy atom. The lowest BCUT2D eigenvalue weighted by atomic mass is 9.97. The molecule has 8 aromatic rings. The number of furan rings is 1. The molecule has 2 heterocycles. The molecular formula is C34H21NO. The number of aromatic nitrogens is 1. The van der Waals surface area contributed by atoms with Crippen LogP contribution in [0.2, 0.25) is 0 Å². The number of rotatable bonds is 2. The molecular weight excluding hydrogens is 438 g/mol. The average molecular weight is 460 g/mol. The number of para-hydroxylation sites is 3. The van der Waals surface area contributed by atoms with Crippen molar-refractivity contribution in [3.63, 3.8) is 0 Å². The molecule has 168 valence electrons. The first-order valence-electron chi connectivity index (χ1n) is 12.3. The van der Waals surface area contributed by atoms with E-state index >= 15 is 0 Å². The highest BCUT2D eigenvalue weighted by molar-refractivity contribution is 6.14. The van der Waals surface area contributed by atoms with Crippen molar-refractivity contribution in [3.8, 4) is 16.8 Å². The zero-order valence-electron chi connectivity index (χ0n) is 19.5. The van der Waals surface area contributed by atoms with Crippen molar-refractivity contribution >= 4 is 54.5 Å².